The molecular formula is C17H20N2O3S. The number of aryl methyl sites for hydroxylation is 1. The van der Waals surface area contributed by atoms with E-state index >= 15 is 0 Å². The highest BCUT2D eigenvalue weighted by atomic mass is 32.2. The predicted molar refractivity (Wildman–Crippen MR) is 89.7 cm³/mol. The summed E-state index contributed by atoms with van der Waals surface area (Å²) in [6.45, 7) is 3.87. The van der Waals surface area contributed by atoms with Gasteiger partial charge in [-0.15, -0.1) is 0 Å². The van der Waals surface area contributed by atoms with Crippen LogP contribution >= 0.6 is 0 Å². The van der Waals surface area contributed by atoms with Gasteiger partial charge in [0.05, 0.1) is 17.7 Å². The maximum atomic E-state index is 12.5. The smallest absolute Gasteiger partial charge is 0.250 e. The first-order valence-corrected chi connectivity index (χ1v) is 9.32. The first-order valence-electron chi connectivity index (χ1n) is 7.71. The molecule has 1 aliphatic rings. The molecule has 3 rings (SSSR count). The van der Waals surface area contributed by atoms with E-state index in [4.69, 9.17) is 4.42 Å². The van der Waals surface area contributed by atoms with Crippen molar-refractivity contribution >= 4 is 15.7 Å². The van der Waals surface area contributed by atoms with Crippen LogP contribution in [0.1, 0.15) is 42.7 Å². The lowest BCUT2D eigenvalue weighted by molar-refractivity contribution is 0.320. The van der Waals surface area contributed by atoms with Crippen LogP contribution in [-0.4, -0.2) is 24.3 Å². The molecule has 0 aliphatic carbocycles. The van der Waals surface area contributed by atoms with Crippen molar-refractivity contribution in [1.29, 1.82) is 0 Å². The number of furan rings is 1. The molecule has 0 radical (unpaired) electrons. The van der Waals surface area contributed by atoms with Crippen LogP contribution in [0.15, 0.2) is 52.2 Å². The Hall–Kier alpha value is -2.08. The summed E-state index contributed by atoms with van der Waals surface area (Å²) < 4.78 is 31.8. The number of hydrazone groups is 1. The maximum Gasteiger partial charge on any atom is 0.250 e. The molecule has 1 aliphatic heterocycles. The summed E-state index contributed by atoms with van der Waals surface area (Å²) in [5.41, 5.74) is 2.87. The van der Waals surface area contributed by atoms with Crippen molar-refractivity contribution in [2.45, 2.75) is 32.7 Å². The molecule has 0 bridgehead atoms. The summed E-state index contributed by atoms with van der Waals surface area (Å²) >= 11 is 0. The standard InChI is InChI=1S/C17H20N2O3S/c1-3-11-23(20,21)19-16(17-5-4-10-22-17)12-15(18-19)14-8-6-13(2)7-9-14/h4-10,16H,3,11-12H2,1-2H3. The van der Waals surface area contributed by atoms with E-state index in [1.807, 2.05) is 38.1 Å². The van der Waals surface area contributed by atoms with E-state index in [0.29, 0.717) is 18.6 Å². The van der Waals surface area contributed by atoms with E-state index in [2.05, 4.69) is 5.10 Å². The third kappa shape index (κ3) is 3.17. The third-order valence-corrected chi connectivity index (χ3v) is 5.71. The zero-order chi connectivity index (χ0) is 16.4. The van der Waals surface area contributed by atoms with Gasteiger partial charge in [0.15, 0.2) is 0 Å². The van der Waals surface area contributed by atoms with Crippen LogP contribution in [0, 0.1) is 6.92 Å². The number of sulfonamides is 1. The Labute approximate surface area is 136 Å². The van der Waals surface area contributed by atoms with Crippen molar-refractivity contribution in [3.05, 3.63) is 59.5 Å². The molecule has 6 heteroatoms. The van der Waals surface area contributed by atoms with Gasteiger partial charge in [0.25, 0.3) is 10.0 Å². The Morgan fingerprint density at radius 3 is 2.61 bits per heavy atom. The van der Waals surface area contributed by atoms with Gasteiger partial charge in [-0.1, -0.05) is 36.8 Å². The van der Waals surface area contributed by atoms with Crippen molar-refractivity contribution in [2.75, 3.05) is 5.75 Å². The topological polar surface area (TPSA) is 62.9 Å². The molecule has 1 atom stereocenters. The van der Waals surface area contributed by atoms with Gasteiger partial charge in [0.2, 0.25) is 0 Å². The highest BCUT2D eigenvalue weighted by Crippen LogP contribution is 2.35. The lowest BCUT2D eigenvalue weighted by atomic mass is 10.0. The van der Waals surface area contributed by atoms with E-state index < -0.39 is 16.1 Å². The Bertz CT molecular complexity index is 793. The van der Waals surface area contributed by atoms with Gasteiger partial charge in [0, 0.05) is 6.42 Å². The minimum atomic E-state index is -3.45. The monoisotopic (exact) mass is 332 g/mol. The van der Waals surface area contributed by atoms with Gasteiger partial charge in [-0.2, -0.15) is 9.52 Å². The second kappa shape index (κ2) is 6.20. The van der Waals surface area contributed by atoms with E-state index in [1.165, 1.54) is 4.41 Å². The molecular weight excluding hydrogens is 312 g/mol. The summed E-state index contributed by atoms with van der Waals surface area (Å²) in [5.74, 6) is 0.699. The summed E-state index contributed by atoms with van der Waals surface area (Å²) in [6.07, 6.45) is 2.63. The fourth-order valence-corrected chi connectivity index (χ4v) is 4.20. The van der Waals surface area contributed by atoms with Crippen molar-refractivity contribution in [2.24, 2.45) is 5.10 Å². The van der Waals surface area contributed by atoms with Crippen molar-refractivity contribution in [1.82, 2.24) is 4.41 Å². The average Bonchev–Trinajstić information content (AvgIpc) is 3.17. The van der Waals surface area contributed by atoms with Gasteiger partial charge < -0.3 is 4.42 Å². The van der Waals surface area contributed by atoms with E-state index in [0.717, 1.165) is 16.8 Å². The molecule has 0 fully saturated rings. The summed E-state index contributed by atoms with van der Waals surface area (Å²) in [4.78, 5) is 0. The normalized spacial score (nSPS) is 18.3. The fourth-order valence-electron chi connectivity index (χ4n) is 2.71. The van der Waals surface area contributed by atoms with Crippen molar-refractivity contribution < 1.29 is 12.8 Å². The lowest BCUT2D eigenvalue weighted by Gasteiger charge is -2.21. The minimum Gasteiger partial charge on any atom is -0.467 e. The molecule has 0 amide bonds. The molecule has 0 spiro atoms. The first-order chi connectivity index (χ1) is 11.0. The summed E-state index contributed by atoms with van der Waals surface area (Å²) in [7, 11) is -3.45. The summed E-state index contributed by atoms with van der Waals surface area (Å²) in [6, 6.07) is 11.1. The molecule has 0 N–H and O–H groups in total. The van der Waals surface area contributed by atoms with Crippen LogP contribution in [0.5, 0.6) is 0 Å². The Kier molecular flexibility index (Phi) is 4.26. The molecule has 23 heavy (non-hydrogen) atoms. The van der Waals surface area contributed by atoms with Crippen LogP contribution in [-0.2, 0) is 10.0 Å². The van der Waals surface area contributed by atoms with Crippen molar-refractivity contribution in [3.8, 4) is 0 Å². The van der Waals surface area contributed by atoms with Crippen LogP contribution in [0.25, 0.3) is 0 Å². The molecule has 2 aromatic rings. The zero-order valence-electron chi connectivity index (χ0n) is 13.3. The van der Waals surface area contributed by atoms with Crippen molar-refractivity contribution in [3.63, 3.8) is 0 Å². The Morgan fingerprint density at radius 2 is 2.00 bits per heavy atom. The molecule has 1 aromatic carbocycles. The quantitative estimate of drug-likeness (QED) is 0.842. The SMILES string of the molecule is CCCS(=O)(=O)N1N=C(c2ccc(C)cc2)CC1c1ccco1. The molecule has 5 nitrogen and oxygen atoms in total. The highest BCUT2D eigenvalue weighted by molar-refractivity contribution is 7.89. The number of hydrogen-bond donors (Lipinski definition) is 0. The van der Waals surface area contributed by atoms with Gasteiger partial charge in [0.1, 0.15) is 11.8 Å². The molecule has 1 unspecified atom stereocenters. The molecule has 0 saturated heterocycles. The number of rotatable bonds is 5. The third-order valence-electron chi connectivity index (χ3n) is 3.88. The number of benzene rings is 1. The fraction of sp³-hybridized carbons (Fsp3) is 0.353. The Balaban J connectivity index is 1.98. The second-order valence-electron chi connectivity index (χ2n) is 5.74. The lowest BCUT2D eigenvalue weighted by Crippen LogP contribution is -2.29. The van der Waals surface area contributed by atoms with E-state index in [1.54, 1.807) is 18.4 Å². The van der Waals surface area contributed by atoms with E-state index in [9.17, 15) is 8.42 Å². The first kappa shape index (κ1) is 15.8. The number of nitrogens with zero attached hydrogens (tertiary/aromatic N) is 2. The molecule has 122 valence electrons. The molecule has 1 aromatic heterocycles. The predicted octanol–water partition coefficient (Wildman–Crippen LogP) is 3.48. The second-order valence-corrected chi connectivity index (χ2v) is 7.68. The highest BCUT2D eigenvalue weighted by Gasteiger charge is 2.37. The maximum absolute atomic E-state index is 12.5. The van der Waals surface area contributed by atoms with Crippen LogP contribution in [0.4, 0.5) is 0 Å². The van der Waals surface area contributed by atoms with Gasteiger partial charge in [-0.25, -0.2) is 8.42 Å². The van der Waals surface area contributed by atoms with Gasteiger partial charge >= 0.3 is 0 Å². The van der Waals surface area contributed by atoms with Crippen LogP contribution in [0.2, 0.25) is 0 Å². The molecule has 0 saturated carbocycles. The van der Waals surface area contributed by atoms with E-state index in [-0.39, 0.29) is 5.75 Å². The zero-order valence-corrected chi connectivity index (χ0v) is 14.1. The number of hydrogen-bond acceptors (Lipinski definition) is 4. The summed E-state index contributed by atoms with van der Waals surface area (Å²) in [5, 5.41) is 4.42. The average molecular weight is 332 g/mol. The van der Waals surface area contributed by atoms with Gasteiger partial charge in [-0.3, -0.25) is 0 Å². The largest absolute Gasteiger partial charge is 0.467 e. The van der Waals surface area contributed by atoms with Crippen LogP contribution in [0.3, 0.4) is 0 Å². The minimum absolute atomic E-state index is 0.0783. The van der Waals surface area contributed by atoms with Gasteiger partial charge in [-0.05, 0) is 31.0 Å². The Morgan fingerprint density at radius 1 is 1.26 bits per heavy atom. The molecule has 2 heterocycles. The van der Waals surface area contributed by atoms with Crippen LogP contribution < -0.4 is 0 Å².